The molecule has 13 heavy (non-hydrogen) atoms. The second-order valence-electron chi connectivity index (χ2n) is 3.42. The topological polar surface area (TPSA) is 38.3 Å². The fraction of sp³-hybridized carbons (Fsp3) is 0.889. The first-order valence-corrected chi connectivity index (χ1v) is 5.20. The van der Waals surface area contributed by atoms with Crippen LogP contribution in [0.15, 0.2) is 0 Å². The Morgan fingerprint density at radius 1 is 1.46 bits per heavy atom. The Morgan fingerprint density at radius 3 is 2.77 bits per heavy atom. The van der Waals surface area contributed by atoms with Crippen LogP contribution in [0.2, 0.25) is 0 Å². The Hall–Kier alpha value is -0.280. The molecule has 1 saturated heterocycles. The summed E-state index contributed by atoms with van der Waals surface area (Å²) in [5.74, 6) is 0.801. The predicted octanol–water partition coefficient (Wildman–Crippen LogP) is 2.14. The molecule has 0 atom stereocenters. The Kier molecular flexibility index (Phi) is 5.16. The van der Waals surface area contributed by atoms with Crippen molar-refractivity contribution in [2.45, 2.75) is 25.7 Å². The molecular weight excluding hydrogens is 190 g/mol. The quantitative estimate of drug-likeness (QED) is 0.565. The minimum absolute atomic E-state index is 0.465. The summed E-state index contributed by atoms with van der Waals surface area (Å²) in [5, 5.41) is 3.32. The van der Waals surface area contributed by atoms with Crippen molar-refractivity contribution in [3.8, 4) is 0 Å². The van der Waals surface area contributed by atoms with Crippen molar-refractivity contribution in [1.29, 1.82) is 0 Å². The highest BCUT2D eigenvalue weighted by Crippen LogP contribution is 2.17. The van der Waals surface area contributed by atoms with Gasteiger partial charge in [0.15, 0.2) is 0 Å². The van der Waals surface area contributed by atoms with Gasteiger partial charge in [0.1, 0.15) is 0 Å². The summed E-state index contributed by atoms with van der Waals surface area (Å²) in [6, 6.07) is 0. The number of nitrogens with one attached hydrogen (secondary N) is 1. The fourth-order valence-electron chi connectivity index (χ4n) is 1.69. The van der Waals surface area contributed by atoms with Crippen LogP contribution in [-0.4, -0.2) is 25.1 Å². The Bertz CT molecular complexity index is 158. The molecule has 1 heterocycles. The van der Waals surface area contributed by atoms with Gasteiger partial charge in [0.05, 0.1) is 6.61 Å². The van der Waals surface area contributed by atoms with Crippen LogP contribution in [0.25, 0.3) is 0 Å². The minimum Gasteiger partial charge on any atom is -0.454 e. The van der Waals surface area contributed by atoms with Gasteiger partial charge >= 0.3 is 5.43 Å². The van der Waals surface area contributed by atoms with Gasteiger partial charge in [-0.05, 0) is 44.7 Å². The number of hydrogen-bond acceptors (Lipinski definition) is 3. The number of hydrogen-bond donors (Lipinski definition) is 1. The molecule has 1 rings (SSSR count). The van der Waals surface area contributed by atoms with E-state index < -0.39 is 5.43 Å². The molecule has 0 aromatic heterocycles. The van der Waals surface area contributed by atoms with Crippen molar-refractivity contribution >= 4 is 17.0 Å². The average molecular weight is 206 g/mol. The maximum Gasteiger partial charge on any atom is 0.403 e. The molecule has 1 fully saturated rings. The second-order valence-corrected chi connectivity index (χ2v) is 3.73. The molecular formula is C9H16ClNO2. The van der Waals surface area contributed by atoms with E-state index in [1.165, 1.54) is 12.8 Å². The summed E-state index contributed by atoms with van der Waals surface area (Å²) in [4.78, 5) is 10.2. The van der Waals surface area contributed by atoms with Gasteiger partial charge in [-0.3, -0.25) is 0 Å². The summed E-state index contributed by atoms with van der Waals surface area (Å²) in [7, 11) is 0. The number of carbonyl (C=O) groups is 1. The normalized spacial score (nSPS) is 18.5. The Balaban J connectivity index is 1.95. The second kappa shape index (κ2) is 6.22. The van der Waals surface area contributed by atoms with Gasteiger partial charge in [0.25, 0.3) is 0 Å². The van der Waals surface area contributed by atoms with Crippen LogP contribution in [0, 0.1) is 5.92 Å². The van der Waals surface area contributed by atoms with Crippen LogP contribution in [-0.2, 0) is 4.74 Å². The summed E-state index contributed by atoms with van der Waals surface area (Å²) in [6.45, 7) is 2.71. The monoisotopic (exact) mass is 205 g/mol. The molecule has 0 amide bonds. The van der Waals surface area contributed by atoms with Gasteiger partial charge in [-0.1, -0.05) is 0 Å². The maximum absolute atomic E-state index is 10.2. The fourth-order valence-corrected chi connectivity index (χ4v) is 1.77. The summed E-state index contributed by atoms with van der Waals surface area (Å²) in [5.41, 5.74) is -0.690. The van der Waals surface area contributed by atoms with Crippen LogP contribution in [0.5, 0.6) is 0 Å². The SMILES string of the molecule is O=C(Cl)OCCCC1CCNCC1. The lowest BCUT2D eigenvalue weighted by atomic mass is 9.93. The van der Waals surface area contributed by atoms with Crippen molar-refractivity contribution in [1.82, 2.24) is 5.32 Å². The van der Waals surface area contributed by atoms with E-state index in [0.717, 1.165) is 31.8 Å². The molecule has 1 aliphatic rings. The van der Waals surface area contributed by atoms with E-state index in [1.807, 2.05) is 0 Å². The zero-order chi connectivity index (χ0) is 9.52. The lowest BCUT2D eigenvalue weighted by Crippen LogP contribution is -2.27. The molecule has 76 valence electrons. The molecule has 0 aromatic rings. The third-order valence-corrected chi connectivity index (χ3v) is 2.54. The zero-order valence-corrected chi connectivity index (χ0v) is 8.48. The number of ether oxygens (including phenoxy) is 1. The van der Waals surface area contributed by atoms with E-state index in [-0.39, 0.29) is 0 Å². The Morgan fingerprint density at radius 2 is 2.15 bits per heavy atom. The van der Waals surface area contributed by atoms with E-state index in [0.29, 0.717) is 6.61 Å². The first-order valence-electron chi connectivity index (χ1n) is 4.82. The van der Waals surface area contributed by atoms with Crippen LogP contribution in [0.3, 0.4) is 0 Å². The molecule has 0 aromatic carbocycles. The summed E-state index contributed by atoms with van der Waals surface area (Å²) >= 11 is 5.03. The molecule has 0 aliphatic carbocycles. The lowest BCUT2D eigenvalue weighted by Gasteiger charge is -2.22. The third kappa shape index (κ3) is 5.11. The first-order chi connectivity index (χ1) is 6.29. The first kappa shape index (κ1) is 10.8. The third-order valence-electron chi connectivity index (χ3n) is 2.43. The highest BCUT2D eigenvalue weighted by Gasteiger charge is 2.12. The van der Waals surface area contributed by atoms with Crippen molar-refractivity contribution in [3.05, 3.63) is 0 Å². The van der Waals surface area contributed by atoms with E-state index in [2.05, 4.69) is 10.1 Å². The molecule has 1 aliphatic heterocycles. The number of rotatable bonds is 4. The molecule has 0 radical (unpaired) electrons. The van der Waals surface area contributed by atoms with Crippen LogP contribution in [0.1, 0.15) is 25.7 Å². The van der Waals surface area contributed by atoms with Gasteiger partial charge in [-0.15, -0.1) is 0 Å². The molecule has 1 N–H and O–H groups in total. The van der Waals surface area contributed by atoms with Crippen LogP contribution >= 0.6 is 11.6 Å². The molecule has 0 bridgehead atoms. The minimum atomic E-state index is -0.690. The van der Waals surface area contributed by atoms with Crippen molar-refractivity contribution < 1.29 is 9.53 Å². The van der Waals surface area contributed by atoms with Gasteiger partial charge < -0.3 is 10.1 Å². The van der Waals surface area contributed by atoms with Gasteiger partial charge in [-0.2, -0.15) is 0 Å². The highest BCUT2D eigenvalue weighted by atomic mass is 35.5. The standard InChI is InChI=1S/C9H16ClNO2/c10-9(12)13-7-1-2-8-3-5-11-6-4-8/h8,11H,1-7H2. The van der Waals surface area contributed by atoms with Crippen molar-refractivity contribution in [2.75, 3.05) is 19.7 Å². The van der Waals surface area contributed by atoms with Crippen molar-refractivity contribution in [2.24, 2.45) is 5.92 Å². The zero-order valence-electron chi connectivity index (χ0n) is 7.72. The van der Waals surface area contributed by atoms with E-state index >= 15 is 0 Å². The summed E-state index contributed by atoms with van der Waals surface area (Å²) < 4.78 is 4.64. The number of carbonyl (C=O) groups excluding carboxylic acids is 1. The molecule has 0 spiro atoms. The van der Waals surface area contributed by atoms with Crippen LogP contribution in [0.4, 0.5) is 4.79 Å². The smallest absolute Gasteiger partial charge is 0.403 e. The van der Waals surface area contributed by atoms with E-state index in [1.54, 1.807) is 0 Å². The highest BCUT2D eigenvalue weighted by molar-refractivity contribution is 6.61. The lowest BCUT2D eigenvalue weighted by molar-refractivity contribution is 0.167. The number of halogens is 1. The average Bonchev–Trinajstić information content (AvgIpc) is 2.14. The van der Waals surface area contributed by atoms with Crippen molar-refractivity contribution in [3.63, 3.8) is 0 Å². The Labute approximate surface area is 83.8 Å². The van der Waals surface area contributed by atoms with Gasteiger partial charge in [0, 0.05) is 11.6 Å². The maximum atomic E-state index is 10.2. The predicted molar refractivity (Wildman–Crippen MR) is 52.0 cm³/mol. The largest absolute Gasteiger partial charge is 0.454 e. The van der Waals surface area contributed by atoms with Gasteiger partial charge in [-0.25, -0.2) is 4.79 Å². The molecule has 0 unspecified atom stereocenters. The molecule has 3 nitrogen and oxygen atoms in total. The van der Waals surface area contributed by atoms with Gasteiger partial charge in [0.2, 0.25) is 0 Å². The molecule has 4 heteroatoms. The number of piperidine rings is 1. The molecule has 0 saturated carbocycles. The summed E-state index contributed by atoms with van der Waals surface area (Å²) in [6.07, 6.45) is 4.57. The van der Waals surface area contributed by atoms with E-state index in [4.69, 9.17) is 11.6 Å². The van der Waals surface area contributed by atoms with Crippen LogP contribution < -0.4 is 5.32 Å². The van der Waals surface area contributed by atoms with E-state index in [9.17, 15) is 4.79 Å².